The third-order valence-electron chi connectivity index (χ3n) is 2.84. The van der Waals surface area contributed by atoms with Crippen molar-refractivity contribution in [2.45, 2.75) is 19.1 Å². The molecule has 1 aliphatic rings. The molecule has 0 aromatic carbocycles. The molecule has 1 saturated heterocycles. The lowest BCUT2D eigenvalue weighted by Crippen LogP contribution is -2.38. The predicted octanol–water partition coefficient (Wildman–Crippen LogP) is 1.45. The minimum atomic E-state index is 0.140. The molecule has 0 aliphatic carbocycles. The molecule has 17 heavy (non-hydrogen) atoms. The monoisotopic (exact) mass is 253 g/mol. The molecule has 1 aromatic heterocycles. The van der Waals surface area contributed by atoms with Crippen LogP contribution in [0.4, 0.5) is 5.82 Å². The van der Waals surface area contributed by atoms with E-state index in [0.29, 0.717) is 5.82 Å². The van der Waals surface area contributed by atoms with Gasteiger partial charge in [-0.05, 0) is 12.6 Å². The van der Waals surface area contributed by atoms with Crippen LogP contribution < -0.4 is 11.1 Å². The molecule has 0 bridgehead atoms. The van der Waals surface area contributed by atoms with E-state index in [0.717, 1.165) is 30.2 Å². The smallest absolute Gasteiger partial charge is 0.128 e. The van der Waals surface area contributed by atoms with Crippen LogP contribution in [0.2, 0.25) is 0 Å². The summed E-state index contributed by atoms with van der Waals surface area (Å²) in [6.07, 6.45) is 1.90. The fourth-order valence-corrected chi connectivity index (χ4v) is 2.95. The minimum absolute atomic E-state index is 0.140. The van der Waals surface area contributed by atoms with E-state index in [1.54, 1.807) is 6.20 Å². The molecular weight excluding hydrogens is 234 g/mol. The van der Waals surface area contributed by atoms with Crippen molar-refractivity contribution in [1.82, 2.24) is 10.3 Å². The first kappa shape index (κ1) is 12.7. The van der Waals surface area contributed by atoms with Crippen molar-refractivity contribution >= 4 is 17.6 Å². The summed E-state index contributed by atoms with van der Waals surface area (Å²) in [4.78, 5) is 4.15. The van der Waals surface area contributed by atoms with Gasteiger partial charge in [0.1, 0.15) is 5.82 Å². The molecule has 2 rings (SSSR count). The average molecular weight is 253 g/mol. The lowest BCUT2D eigenvalue weighted by atomic mass is 10.0. The highest BCUT2D eigenvalue weighted by Crippen LogP contribution is 2.27. The maximum absolute atomic E-state index is 5.94. The van der Waals surface area contributed by atoms with Crippen molar-refractivity contribution in [2.24, 2.45) is 0 Å². The Balaban J connectivity index is 2.18. The SMILES string of the molecule is CCNC(c1cccnc1N)C1CSCCO1. The molecular formula is C12H19N3OS. The van der Waals surface area contributed by atoms with Crippen molar-refractivity contribution < 1.29 is 4.74 Å². The van der Waals surface area contributed by atoms with Gasteiger partial charge in [-0.1, -0.05) is 13.0 Å². The second-order valence-electron chi connectivity index (χ2n) is 4.00. The highest BCUT2D eigenvalue weighted by Gasteiger charge is 2.27. The molecule has 2 atom stereocenters. The highest BCUT2D eigenvalue weighted by molar-refractivity contribution is 7.99. The molecule has 1 aromatic rings. The zero-order valence-electron chi connectivity index (χ0n) is 10.1. The van der Waals surface area contributed by atoms with Gasteiger partial charge in [-0.15, -0.1) is 0 Å². The molecule has 94 valence electrons. The van der Waals surface area contributed by atoms with E-state index >= 15 is 0 Å². The van der Waals surface area contributed by atoms with Crippen LogP contribution in [0.1, 0.15) is 18.5 Å². The van der Waals surface area contributed by atoms with Gasteiger partial charge in [0.05, 0.1) is 18.8 Å². The third kappa shape index (κ3) is 3.12. The second kappa shape index (κ2) is 6.23. The summed E-state index contributed by atoms with van der Waals surface area (Å²) in [5, 5.41) is 3.45. The molecule has 0 amide bonds. The molecule has 2 heterocycles. The molecule has 1 aliphatic heterocycles. The quantitative estimate of drug-likeness (QED) is 0.850. The Bertz CT molecular complexity index is 355. The number of pyridine rings is 1. The molecule has 0 spiro atoms. The molecule has 4 nitrogen and oxygen atoms in total. The Kier molecular flexibility index (Phi) is 4.65. The van der Waals surface area contributed by atoms with Crippen LogP contribution >= 0.6 is 11.8 Å². The Morgan fingerprint density at radius 2 is 2.59 bits per heavy atom. The van der Waals surface area contributed by atoms with Gasteiger partial charge < -0.3 is 15.8 Å². The van der Waals surface area contributed by atoms with E-state index in [1.807, 2.05) is 23.9 Å². The molecule has 5 heteroatoms. The Morgan fingerprint density at radius 1 is 1.71 bits per heavy atom. The molecule has 0 radical (unpaired) electrons. The molecule has 0 saturated carbocycles. The van der Waals surface area contributed by atoms with Gasteiger partial charge in [-0.25, -0.2) is 4.98 Å². The Labute approximate surface area is 106 Å². The van der Waals surface area contributed by atoms with Crippen LogP contribution in [0.15, 0.2) is 18.3 Å². The van der Waals surface area contributed by atoms with Crippen molar-refractivity contribution in [3.8, 4) is 0 Å². The number of nitrogens with zero attached hydrogens (tertiary/aromatic N) is 1. The van der Waals surface area contributed by atoms with Crippen molar-refractivity contribution in [3.63, 3.8) is 0 Å². The first-order chi connectivity index (χ1) is 8.33. The first-order valence-electron chi connectivity index (χ1n) is 5.96. The van der Waals surface area contributed by atoms with Gasteiger partial charge in [0.2, 0.25) is 0 Å². The van der Waals surface area contributed by atoms with Crippen molar-refractivity contribution in [2.75, 3.05) is 30.4 Å². The number of ether oxygens (including phenoxy) is 1. The Hall–Kier alpha value is -0.780. The Morgan fingerprint density at radius 3 is 3.24 bits per heavy atom. The summed E-state index contributed by atoms with van der Waals surface area (Å²) < 4.78 is 5.84. The van der Waals surface area contributed by atoms with E-state index in [2.05, 4.69) is 17.2 Å². The van der Waals surface area contributed by atoms with E-state index in [1.165, 1.54) is 0 Å². The average Bonchev–Trinajstić information content (AvgIpc) is 2.38. The van der Waals surface area contributed by atoms with Gasteiger partial charge in [0, 0.05) is 23.3 Å². The maximum atomic E-state index is 5.94. The predicted molar refractivity (Wildman–Crippen MR) is 72.1 cm³/mol. The number of anilines is 1. The summed E-state index contributed by atoms with van der Waals surface area (Å²) >= 11 is 1.93. The topological polar surface area (TPSA) is 60.2 Å². The van der Waals surface area contributed by atoms with Crippen LogP contribution in [-0.4, -0.2) is 35.7 Å². The standard InChI is InChI=1S/C12H19N3OS/c1-2-14-11(10-8-17-7-6-16-10)9-4-3-5-15-12(9)13/h3-5,10-11,14H,2,6-8H2,1H3,(H2,13,15). The van der Waals surface area contributed by atoms with Crippen molar-refractivity contribution in [1.29, 1.82) is 0 Å². The zero-order chi connectivity index (χ0) is 12.1. The highest BCUT2D eigenvalue weighted by atomic mass is 32.2. The van der Waals surface area contributed by atoms with Crippen LogP contribution in [0, 0.1) is 0 Å². The summed E-state index contributed by atoms with van der Waals surface area (Å²) in [7, 11) is 0. The summed E-state index contributed by atoms with van der Waals surface area (Å²) in [5.41, 5.74) is 6.99. The van der Waals surface area contributed by atoms with E-state index in [4.69, 9.17) is 10.5 Å². The van der Waals surface area contributed by atoms with Gasteiger partial charge in [-0.3, -0.25) is 0 Å². The fraction of sp³-hybridized carbons (Fsp3) is 0.583. The number of likely N-dealkylation sites (N-methyl/N-ethyl adjacent to an activating group) is 1. The van der Waals surface area contributed by atoms with Gasteiger partial charge in [0.15, 0.2) is 0 Å². The van der Waals surface area contributed by atoms with Crippen LogP contribution in [-0.2, 0) is 4.74 Å². The van der Waals surface area contributed by atoms with E-state index < -0.39 is 0 Å². The number of nitrogens with two attached hydrogens (primary N) is 1. The first-order valence-corrected chi connectivity index (χ1v) is 7.11. The van der Waals surface area contributed by atoms with Gasteiger partial charge in [0.25, 0.3) is 0 Å². The van der Waals surface area contributed by atoms with Crippen molar-refractivity contribution in [3.05, 3.63) is 23.9 Å². The number of hydrogen-bond donors (Lipinski definition) is 2. The molecule has 2 unspecified atom stereocenters. The normalized spacial score (nSPS) is 22.3. The summed E-state index contributed by atoms with van der Waals surface area (Å²) in [6, 6.07) is 4.09. The largest absolute Gasteiger partial charge is 0.383 e. The van der Waals surface area contributed by atoms with E-state index in [-0.39, 0.29) is 12.1 Å². The maximum Gasteiger partial charge on any atom is 0.128 e. The fourth-order valence-electron chi connectivity index (χ4n) is 2.05. The summed E-state index contributed by atoms with van der Waals surface area (Å²) in [6.45, 7) is 3.80. The lowest BCUT2D eigenvalue weighted by Gasteiger charge is -2.31. The third-order valence-corrected chi connectivity index (χ3v) is 3.86. The van der Waals surface area contributed by atoms with Crippen LogP contribution in [0.5, 0.6) is 0 Å². The second-order valence-corrected chi connectivity index (χ2v) is 5.15. The minimum Gasteiger partial charge on any atom is -0.383 e. The van der Waals surface area contributed by atoms with Gasteiger partial charge >= 0.3 is 0 Å². The van der Waals surface area contributed by atoms with Crippen LogP contribution in [0.3, 0.4) is 0 Å². The van der Waals surface area contributed by atoms with Crippen LogP contribution in [0.25, 0.3) is 0 Å². The number of hydrogen-bond acceptors (Lipinski definition) is 5. The number of rotatable bonds is 4. The number of nitrogens with one attached hydrogen (secondary N) is 1. The molecule has 3 N–H and O–H groups in total. The number of aromatic nitrogens is 1. The van der Waals surface area contributed by atoms with E-state index in [9.17, 15) is 0 Å². The lowest BCUT2D eigenvalue weighted by molar-refractivity contribution is 0.0473. The number of thioether (sulfide) groups is 1. The summed E-state index contributed by atoms with van der Waals surface area (Å²) in [5.74, 6) is 2.68. The van der Waals surface area contributed by atoms with Gasteiger partial charge in [-0.2, -0.15) is 11.8 Å². The number of nitrogen functional groups attached to an aromatic ring is 1. The zero-order valence-corrected chi connectivity index (χ0v) is 10.9. The molecule has 1 fully saturated rings.